The second kappa shape index (κ2) is 9.19. The number of phenolic OH excluding ortho intramolecular Hbond substituents is 2. The van der Waals surface area contributed by atoms with Gasteiger partial charge in [-0.15, -0.1) is 0 Å². The van der Waals surface area contributed by atoms with Crippen LogP contribution in [0.25, 0.3) is 33.7 Å². The minimum Gasteiger partial charge on any atom is -0.504 e. The van der Waals surface area contributed by atoms with E-state index in [9.17, 15) is 20.1 Å². The number of H-pyrrole nitrogens is 1. The third-order valence-corrected chi connectivity index (χ3v) is 5.84. The Balaban J connectivity index is 1.47. The van der Waals surface area contributed by atoms with Gasteiger partial charge in [-0.1, -0.05) is 60.7 Å². The van der Waals surface area contributed by atoms with Crippen molar-refractivity contribution in [2.24, 2.45) is 4.99 Å². The molecule has 0 radical (unpaired) electrons. The van der Waals surface area contributed by atoms with Crippen LogP contribution in [0.4, 0.5) is 0 Å². The Morgan fingerprint density at radius 1 is 0.743 bits per heavy atom. The molecular weight excluding hydrogens is 440 g/mol. The van der Waals surface area contributed by atoms with Gasteiger partial charge in [-0.2, -0.15) is 0 Å². The van der Waals surface area contributed by atoms with Crippen LogP contribution in [0.3, 0.4) is 0 Å². The number of rotatable bonds is 5. The molecule has 0 bridgehead atoms. The highest BCUT2D eigenvalue weighted by Crippen LogP contribution is 2.26. The van der Waals surface area contributed by atoms with E-state index in [4.69, 9.17) is 0 Å². The van der Waals surface area contributed by atoms with E-state index < -0.39 is 0 Å². The van der Waals surface area contributed by atoms with Gasteiger partial charge in [0.25, 0.3) is 5.56 Å². The second-order valence-corrected chi connectivity index (χ2v) is 8.25. The monoisotopic (exact) mass is 462 g/mol. The highest BCUT2D eigenvalue weighted by Gasteiger charge is 2.10. The Morgan fingerprint density at radius 3 is 2.29 bits per heavy atom. The molecule has 0 spiro atoms. The molecule has 6 heteroatoms. The van der Waals surface area contributed by atoms with Gasteiger partial charge in [0.1, 0.15) is 0 Å². The first-order valence-corrected chi connectivity index (χ1v) is 11.0. The molecule has 5 aromatic rings. The number of nitrogens with one attached hydrogen (secondary N) is 1. The minimum absolute atomic E-state index is 0.203. The van der Waals surface area contributed by atoms with Gasteiger partial charge in [-0.25, -0.2) is 0 Å². The molecule has 4 N–H and O–H groups in total. The van der Waals surface area contributed by atoms with E-state index in [0.717, 1.165) is 16.5 Å². The van der Waals surface area contributed by atoms with Gasteiger partial charge in [0.05, 0.1) is 12.1 Å². The van der Waals surface area contributed by atoms with Crippen molar-refractivity contribution in [3.63, 3.8) is 0 Å². The number of aromatic hydroxyl groups is 3. The van der Waals surface area contributed by atoms with Crippen LogP contribution >= 0.6 is 0 Å². The smallest absolute Gasteiger partial charge is 0.258 e. The summed E-state index contributed by atoms with van der Waals surface area (Å²) in [7, 11) is 0. The third-order valence-electron chi connectivity index (χ3n) is 5.84. The second-order valence-electron chi connectivity index (χ2n) is 8.25. The summed E-state index contributed by atoms with van der Waals surface area (Å²) in [5, 5.41) is 32.9. The summed E-state index contributed by atoms with van der Waals surface area (Å²) in [6, 6.07) is 24.3. The molecule has 0 fully saturated rings. The van der Waals surface area contributed by atoms with E-state index in [1.54, 1.807) is 12.1 Å². The molecule has 0 saturated carbocycles. The molecule has 35 heavy (non-hydrogen) atoms. The predicted octanol–water partition coefficient (Wildman–Crippen LogP) is 5.59. The first-order valence-electron chi connectivity index (χ1n) is 11.0. The maximum absolute atomic E-state index is 12.4. The Labute approximate surface area is 200 Å². The third kappa shape index (κ3) is 4.63. The lowest BCUT2D eigenvalue weighted by atomic mass is 10.0. The number of phenols is 2. The largest absolute Gasteiger partial charge is 0.504 e. The Morgan fingerprint density at radius 2 is 1.49 bits per heavy atom. The molecular formula is C29H22N2O4. The number of fused-ring (bicyclic) bond motifs is 2. The van der Waals surface area contributed by atoms with Gasteiger partial charge in [0.15, 0.2) is 11.5 Å². The van der Waals surface area contributed by atoms with Gasteiger partial charge in [0, 0.05) is 17.0 Å². The lowest BCUT2D eigenvalue weighted by molar-refractivity contribution is 0.403. The molecule has 6 nitrogen and oxygen atoms in total. The topological polar surface area (TPSA) is 106 Å². The molecule has 172 valence electrons. The summed E-state index contributed by atoms with van der Waals surface area (Å²) in [4.78, 5) is 19.2. The maximum Gasteiger partial charge on any atom is 0.258 e. The lowest BCUT2D eigenvalue weighted by Crippen LogP contribution is -2.08. The van der Waals surface area contributed by atoms with E-state index in [1.165, 1.54) is 23.7 Å². The zero-order valence-corrected chi connectivity index (χ0v) is 18.6. The van der Waals surface area contributed by atoms with Crippen LogP contribution < -0.4 is 5.56 Å². The van der Waals surface area contributed by atoms with Crippen LogP contribution in [0.1, 0.15) is 22.3 Å². The zero-order chi connectivity index (χ0) is 24.4. The summed E-state index contributed by atoms with van der Waals surface area (Å²) in [6.45, 7) is 0.218. The van der Waals surface area contributed by atoms with Crippen LogP contribution in [0, 0.1) is 0 Å². The molecule has 0 aliphatic heterocycles. The van der Waals surface area contributed by atoms with Crippen LogP contribution in [0.2, 0.25) is 0 Å². The number of benzene rings is 4. The van der Waals surface area contributed by atoms with Gasteiger partial charge in [0.2, 0.25) is 5.88 Å². The number of hydrogen-bond acceptors (Lipinski definition) is 5. The van der Waals surface area contributed by atoms with Crippen molar-refractivity contribution in [1.29, 1.82) is 0 Å². The molecule has 0 amide bonds. The normalized spacial score (nSPS) is 11.8. The number of pyridine rings is 1. The van der Waals surface area contributed by atoms with Crippen molar-refractivity contribution in [3.8, 4) is 17.4 Å². The van der Waals surface area contributed by atoms with Gasteiger partial charge >= 0.3 is 0 Å². The van der Waals surface area contributed by atoms with E-state index >= 15 is 0 Å². The number of nitrogens with zero attached hydrogens (tertiary/aromatic N) is 1. The molecule has 0 unspecified atom stereocenters. The Hall–Kier alpha value is -4.84. The molecule has 0 saturated heterocycles. The molecule has 0 atom stereocenters. The fraction of sp³-hybridized carbons (Fsp3) is 0.0345. The Bertz CT molecular complexity index is 1680. The summed E-state index contributed by atoms with van der Waals surface area (Å²) >= 11 is 0. The lowest BCUT2D eigenvalue weighted by Gasteiger charge is -2.06. The van der Waals surface area contributed by atoms with Crippen molar-refractivity contribution in [2.75, 3.05) is 0 Å². The predicted molar refractivity (Wildman–Crippen MR) is 140 cm³/mol. The van der Waals surface area contributed by atoms with Crippen molar-refractivity contribution in [1.82, 2.24) is 4.98 Å². The SMILES string of the molecule is O=c1[nH]c(O)c(C=NCc2ccc(O)c(O)c2)c2cc(/C=C/c3ccc4ccccc4c3)ccc12. The highest BCUT2D eigenvalue weighted by molar-refractivity contribution is 6.02. The number of aromatic nitrogens is 1. The number of aliphatic imine (C=N–C) groups is 1. The molecule has 0 aliphatic carbocycles. The van der Waals surface area contributed by atoms with Crippen molar-refractivity contribution >= 4 is 39.9 Å². The van der Waals surface area contributed by atoms with Gasteiger partial charge < -0.3 is 15.3 Å². The van der Waals surface area contributed by atoms with Crippen molar-refractivity contribution < 1.29 is 15.3 Å². The zero-order valence-electron chi connectivity index (χ0n) is 18.6. The standard InChI is InChI=1S/C29H22N2O4/c32-26-12-9-20(15-27(26)33)16-30-17-25-24-14-19(8-11-23(24)28(34)31-29(25)35)6-5-18-7-10-21-3-1-2-4-22(21)13-18/h1-15,17,32-33H,16H2,(H2,31,34,35)/b6-5+,30-17?. The van der Waals surface area contributed by atoms with Crippen LogP contribution in [0.15, 0.2) is 88.6 Å². The quantitative estimate of drug-likeness (QED) is 0.155. The summed E-state index contributed by atoms with van der Waals surface area (Å²) in [5.41, 5.74) is 2.61. The van der Waals surface area contributed by atoms with E-state index in [1.807, 2.05) is 36.4 Å². The van der Waals surface area contributed by atoms with E-state index in [-0.39, 0.29) is 29.5 Å². The average molecular weight is 463 g/mol. The first-order chi connectivity index (χ1) is 17.0. The van der Waals surface area contributed by atoms with E-state index in [0.29, 0.717) is 21.9 Å². The van der Waals surface area contributed by atoms with Crippen LogP contribution in [0.5, 0.6) is 17.4 Å². The molecule has 4 aromatic carbocycles. The minimum atomic E-state index is -0.386. The van der Waals surface area contributed by atoms with Crippen molar-refractivity contribution in [2.45, 2.75) is 6.54 Å². The summed E-state index contributed by atoms with van der Waals surface area (Å²) in [6.07, 6.45) is 5.46. The molecule has 1 aromatic heterocycles. The van der Waals surface area contributed by atoms with Crippen LogP contribution in [-0.2, 0) is 6.54 Å². The summed E-state index contributed by atoms with van der Waals surface area (Å²) in [5.74, 6) is -0.695. The number of hydrogen-bond donors (Lipinski definition) is 4. The van der Waals surface area contributed by atoms with Crippen molar-refractivity contribution in [3.05, 3.63) is 111 Å². The van der Waals surface area contributed by atoms with Gasteiger partial charge in [-0.05, 0) is 57.8 Å². The fourth-order valence-corrected chi connectivity index (χ4v) is 4.00. The highest BCUT2D eigenvalue weighted by atomic mass is 16.3. The molecule has 1 heterocycles. The average Bonchev–Trinajstić information content (AvgIpc) is 2.86. The molecule has 5 rings (SSSR count). The molecule has 0 aliphatic rings. The van der Waals surface area contributed by atoms with E-state index in [2.05, 4.69) is 40.3 Å². The number of aromatic amines is 1. The fourth-order valence-electron chi connectivity index (χ4n) is 4.00. The van der Waals surface area contributed by atoms with Crippen LogP contribution in [-0.4, -0.2) is 26.5 Å². The van der Waals surface area contributed by atoms with Gasteiger partial charge in [-0.3, -0.25) is 14.8 Å². The maximum atomic E-state index is 12.4. The first kappa shape index (κ1) is 22.0. The summed E-state index contributed by atoms with van der Waals surface area (Å²) < 4.78 is 0. The Kier molecular flexibility index (Phi) is 5.77.